The molecular formula is C7H17N2O2P. The molecule has 12 heavy (non-hydrogen) atoms. The third kappa shape index (κ3) is 4.65. The summed E-state index contributed by atoms with van der Waals surface area (Å²) in [5.74, 6) is -0.237. The number of unbranched alkanes of at least 4 members (excludes halogenated alkanes) is 1. The maximum absolute atomic E-state index is 11.0. The van der Waals surface area contributed by atoms with E-state index in [1.807, 2.05) is 9.47 Å². The molecule has 0 fully saturated rings. The lowest BCUT2D eigenvalue weighted by atomic mass is 10.1. The molecule has 0 heterocycles. The molecule has 0 aliphatic carbocycles. The first-order valence-corrected chi connectivity index (χ1v) is 4.51. The van der Waals surface area contributed by atoms with Crippen LogP contribution in [0.2, 0.25) is 0 Å². The quantitative estimate of drug-likeness (QED) is 0.460. The lowest BCUT2D eigenvalue weighted by Crippen LogP contribution is -2.34. The van der Waals surface area contributed by atoms with Crippen LogP contribution in [0.3, 0.4) is 0 Å². The monoisotopic (exact) mass is 192 g/mol. The van der Waals surface area contributed by atoms with Crippen molar-refractivity contribution in [3.8, 4) is 0 Å². The van der Waals surface area contributed by atoms with Gasteiger partial charge in [0.15, 0.2) is 0 Å². The smallest absolute Gasteiger partial charge is 0.325 e. The number of rotatable bonds is 6. The second kappa shape index (κ2) is 7.47. The zero-order valence-electron chi connectivity index (χ0n) is 7.38. The lowest BCUT2D eigenvalue weighted by Gasteiger charge is -2.12. The highest BCUT2D eigenvalue weighted by molar-refractivity contribution is 7.10. The third-order valence-electron chi connectivity index (χ3n) is 1.70. The number of likely N-dealkylation sites (N-methyl/N-ethyl adjacent to an activating group) is 1. The van der Waals surface area contributed by atoms with Crippen LogP contribution in [0.15, 0.2) is 0 Å². The summed E-state index contributed by atoms with van der Waals surface area (Å²) in [6, 6.07) is -0.200. The van der Waals surface area contributed by atoms with Crippen LogP contribution in [0.1, 0.15) is 19.3 Å². The van der Waals surface area contributed by atoms with E-state index in [4.69, 9.17) is 5.73 Å². The van der Waals surface area contributed by atoms with Crippen molar-refractivity contribution < 1.29 is 9.32 Å². The Bertz CT molecular complexity index is 133. The van der Waals surface area contributed by atoms with Crippen LogP contribution in [0.4, 0.5) is 0 Å². The minimum Gasteiger partial charge on any atom is -0.450 e. The van der Waals surface area contributed by atoms with E-state index in [0.717, 1.165) is 19.3 Å². The predicted octanol–water partition coefficient (Wildman–Crippen LogP) is 0.0367. The van der Waals surface area contributed by atoms with Crippen LogP contribution in [-0.4, -0.2) is 25.6 Å². The minimum absolute atomic E-state index is 0.200. The first-order valence-electron chi connectivity index (χ1n) is 4.04. The first kappa shape index (κ1) is 11.8. The zero-order chi connectivity index (χ0) is 9.40. The van der Waals surface area contributed by atoms with Gasteiger partial charge in [0.1, 0.15) is 6.04 Å². The summed E-state index contributed by atoms with van der Waals surface area (Å²) in [4.78, 5) is 11.0. The predicted molar refractivity (Wildman–Crippen MR) is 51.6 cm³/mol. The Morgan fingerprint density at radius 2 is 2.33 bits per heavy atom. The molecule has 5 heteroatoms. The molecule has 72 valence electrons. The van der Waals surface area contributed by atoms with Gasteiger partial charge >= 0.3 is 5.97 Å². The van der Waals surface area contributed by atoms with Crippen LogP contribution >= 0.6 is 9.47 Å². The fraction of sp³-hybridized carbons (Fsp3) is 0.857. The van der Waals surface area contributed by atoms with E-state index >= 15 is 0 Å². The van der Waals surface area contributed by atoms with E-state index in [0.29, 0.717) is 6.54 Å². The van der Waals surface area contributed by atoms with Crippen LogP contribution < -0.4 is 11.1 Å². The summed E-state index contributed by atoms with van der Waals surface area (Å²) >= 11 is 0. The summed E-state index contributed by atoms with van der Waals surface area (Å²) < 4.78 is 4.52. The summed E-state index contributed by atoms with van der Waals surface area (Å²) in [5, 5.41) is 2.88. The van der Waals surface area contributed by atoms with E-state index in [2.05, 4.69) is 9.84 Å². The Morgan fingerprint density at radius 3 is 2.75 bits per heavy atom. The standard InChI is InChI=1S/C7H17N2O2P/c1-9-6(7(10)11-12)4-2-3-5-8/h6,9H,2-5,8,12H2,1H3. The molecule has 0 radical (unpaired) electrons. The van der Waals surface area contributed by atoms with E-state index < -0.39 is 0 Å². The summed E-state index contributed by atoms with van der Waals surface area (Å²) in [7, 11) is 3.70. The van der Waals surface area contributed by atoms with Crippen LogP contribution in [0, 0.1) is 0 Å². The molecule has 0 spiro atoms. The number of hydrogen-bond donors (Lipinski definition) is 2. The van der Waals surface area contributed by atoms with Crippen molar-refractivity contribution >= 4 is 15.4 Å². The van der Waals surface area contributed by atoms with Crippen molar-refractivity contribution in [2.45, 2.75) is 25.3 Å². The second-order valence-electron chi connectivity index (χ2n) is 2.56. The van der Waals surface area contributed by atoms with Crippen LogP contribution in [0.5, 0.6) is 0 Å². The second-order valence-corrected chi connectivity index (χ2v) is 2.80. The average Bonchev–Trinajstić information content (AvgIpc) is 2.11. The molecule has 3 N–H and O–H groups in total. The molecule has 0 aliphatic heterocycles. The normalized spacial score (nSPS) is 12.6. The zero-order valence-corrected chi connectivity index (χ0v) is 8.53. The molecule has 0 aromatic carbocycles. The molecular weight excluding hydrogens is 175 g/mol. The van der Waals surface area contributed by atoms with Gasteiger partial charge in [-0.1, -0.05) is 6.42 Å². The largest absolute Gasteiger partial charge is 0.450 e. The molecule has 0 rings (SSSR count). The first-order chi connectivity index (χ1) is 5.76. The van der Waals surface area contributed by atoms with Crippen molar-refractivity contribution in [3.05, 3.63) is 0 Å². The maximum Gasteiger partial charge on any atom is 0.325 e. The number of nitrogens with one attached hydrogen (secondary N) is 1. The Balaban J connectivity index is 3.60. The van der Waals surface area contributed by atoms with Crippen molar-refractivity contribution in [3.63, 3.8) is 0 Å². The van der Waals surface area contributed by atoms with Gasteiger partial charge in [-0.2, -0.15) is 0 Å². The molecule has 4 nitrogen and oxygen atoms in total. The van der Waals surface area contributed by atoms with Gasteiger partial charge in [-0.25, -0.2) is 0 Å². The summed E-state index contributed by atoms with van der Waals surface area (Å²) in [6.07, 6.45) is 2.67. The molecule has 0 aliphatic rings. The van der Waals surface area contributed by atoms with E-state index in [-0.39, 0.29) is 12.0 Å². The highest BCUT2D eigenvalue weighted by Gasteiger charge is 2.15. The highest BCUT2D eigenvalue weighted by Crippen LogP contribution is 2.03. The molecule has 2 atom stereocenters. The Kier molecular flexibility index (Phi) is 7.36. The fourth-order valence-corrected chi connectivity index (χ4v) is 1.12. The third-order valence-corrected chi connectivity index (χ3v) is 1.93. The van der Waals surface area contributed by atoms with E-state index in [1.165, 1.54) is 0 Å². The van der Waals surface area contributed by atoms with Crippen LogP contribution in [-0.2, 0) is 9.32 Å². The van der Waals surface area contributed by atoms with Gasteiger partial charge < -0.3 is 15.6 Å². The summed E-state index contributed by atoms with van der Waals surface area (Å²) in [5.41, 5.74) is 5.32. The molecule has 2 unspecified atom stereocenters. The molecule has 0 saturated heterocycles. The van der Waals surface area contributed by atoms with Gasteiger partial charge in [-0.15, -0.1) is 0 Å². The lowest BCUT2D eigenvalue weighted by molar-refractivity contribution is -0.135. The minimum atomic E-state index is -0.237. The number of carbonyl (C=O) groups is 1. The van der Waals surface area contributed by atoms with Crippen molar-refractivity contribution in [1.29, 1.82) is 0 Å². The van der Waals surface area contributed by atoms with Crippen molar-refractivity contribution in [2.75, 3.05) is 13.6 Å². The molecule has 0 aromatic heterocycles. The van der Waals surface area contributed by atoms with Gasteiger partial charge in [-0.3, -0.25) is 4.79 Å². The Labute approximate surface area is 75.5 Å². The molecule has 0 amide bonds. The summed E-state index contributed by atoms with van der Waals surface area (Å²) in [6.45, 7) is 0.673. The number of nitrogens with two attached hydrogens (primary N) is 1. The van der Waals surface area contributed by atoms with Gasteiger partial charge in [0.05, 0.1) is 9.47 Å². The fourth-order valence-electron chi connectivity index (χ4n) is 0.955. The van der Waals surface area contributed by atoms with Crippen molar-refractivity contribution in [2.24, 2.45) is 5.73 Å². The SMILES string of the molecule is CNC(CCCCN)C(=O)OP. The van der Waals surface area contributed by atoms with E-state index in [9.17, 15) is 4.79 Å². The van der Waals surface area contributed by atoms with Gasteiger partial charge in [0, 0.05) is 0 Å². The van der Waals surface area contributed by atoms with Gasteiger partial charge in [0.2, 0.25) is 0 Å². The number of hydrogen-bond acceptors (Lipinski definition) is 4. The topological polar surface area (TPSA) is 64.3 Å². The Morgan fingerprint density at radius 1 is 1.67 bits per heavy atom. The van der Waals surface area contributed by atoms with Crippen molar-refractivity contribution in [1.82, 2.24) is 5.32 Å². The van der Waals surface area contributed by atoms with Crippen LogP contribution in [0.25, 0.3) is 0 Å². The van der Waals surface area contributed by atoms with Gasteiger partial charge in [-0.05, 0) is 26.4 Å². The average molecular weight is 192 g/mol. The number of carbonyl (C=O) groups excluding carboxylic acids is 1. The van der Waals surface area contributed by atoms with Gasteiger partial charge in [0.25, 0.3) is 0 Å². The molecule has 0 aromatic rings. The molecule has 0 saturated carbocycles. The maximum atomic E-state index is 11.0. The van der Waals surface area contributed by atoms with E-state index in [1.54, 1.807) is 7.05 Å². The molecule has 0 bridgehead atoms. The highest BCUT2D eigenvalue weighted by atomic mass is 31.0. The Hall–Kier alpha value is -0.180.